The van der Waals surface area contributed by atoms with Gasteiger partial charge >= 0.3 is 0 Å². The summed E-state index contributed by atoms with van der Waals surface area (Å²) >= 11 is 0. The lowest BCUT2D eigenvalue weighted by atomic mass is 10.2. The number of non-ortho nitro benzene ring substituents is 1. The van der Waals surface area contributed by atoms with Crippen LogP contribution in [-0.4, -0.2) is 18.4 Å². The summed E-state index contributed by atoms with van der Waals surface area (Å²) in [5.74, 6) is -0.0560. The second-order valence-corrected chi connectivity index (χ2v) is 5.92. The first kappa shape index (κ1) is 15.5. The van der Waals surface area contributed by atoms with Crippen LogP contribution in [0.25, 0.3) is 6.08 Å². The molecule has 2 N–H and O–H groups in total. The zero-order valence-corrected chi connectivity index (χ0v) is 12.0. The fourth-order valence-electron chi connectivity index (χ4n) is 1.64. The third-order valence-corrected chi connectivity index (χ3v) is 3.66. The Morgan fingerprint density at radius 1 is 1.14 bits per heavy atom. The molecule has 0 saturated carbocycles. The summed E-state index contributed by atoms with van der Waals surface area (Å²) in [4.78, 5) is 9.99. The van der Waals surface area contributed by atoms with Crippen molar-refractivity contribution in [3.63, 3.8) is 0 Å². The molecule has 0 fully saturated rings. The number of rotatable bonds is 5. The maximum atomic E-state index is 11.9. The van der Waals surface area contributed by atoms with E-state index in [0.29, 0.717) is 5.56 Å². The Kier molecular flexibility index (Phi) is 4.42. The SMILES string of the molecule is O=[N+]([O-])c1ccc(C=CS(=O)(=O)Nc2cccc(O)c2)cc1. The molecule has 0 unspecified atom stereocenters. The van der Waals surface area contributed by atoms with Gasteiger partial charge in [0.15, 0.2) is 0 Å². The summed E-state index contributed by atoms with van der Waals surface area (Å²) in [7, 11) is -3.75. The molecule has 0 aliphatic carbocycles. The first-order chi connectivity index (χ1) is 10.4. The van der Waals surface area contributed by atoms with Crippen molar-refractivity contribution < 1.29 is 18.4 Å². The third kappa shape index (κ3) is 4.32. The number of nitro benzene ring substituents is 1. The van der Waals surface area contributed by atoms with Gasteiger partial charge in [-0.15, -0.1) is 0 Å². The molecule has 0 aromatic heterocycles. The Hall–Kier alpha value is -2.87. The summed E-state index contributed by atoms with van der Waals surface area (Å²) in [6.45, 7) is 0. The Morgan fingerprint density at radius 3 is 2.41 bits per heavy atom. The van der Waals surface area contributed by atoms with Crippen molar-refractivity contribution >= 4 is 27.5 Å². The van der Waals surface area contributed by atoms with Crippen LogP contribution < -0.4 is 4.72 Å². The van der Waals surface area contributed by atoms with E-state index < -0.39 is 14.9 Å². The standard InChI is InChI=1S/C14H12N2O5S/c17-14-3-1-2-12(10-14)15-22(20,21)9-8-11-4-6-13(7-5-11)16(18)19/h1-10,15,17H. The molecule has 22 heavy (non-hydrogen) atoms. The van der Waals surface area contributed by atoms with Crippen molar-refractivity contribution in [3.8, 4) is 5.75 Å². The van der Waals surface area contributed by atoms with Gasteiger partial charge in [0.25, 0.3) is 15.7 Å². The van der Waals surface area contributed by atoms with Gasteiger partial charge in [-0.2, -0.15) is 0 Å². The van der Waals surface area contributed by atoms with E-state index in [9.17, 15) is 23.6 Å². The quantitative estimate of drug-likeness (QED) is 0.650. The Balaban J connectivity index is 2.12. The highest BCUT2D eigenvalue weighted by Gasteiger charge is 2.07. The number of phenols is 1. The molecule has 114 valence electrons. The van der Waals surface area contributed by atoms with Crippen LogP contribution in [0.5, 0.6) is 5.75 Å². The Labute approximate surface area is 126 Å². The molecule has 0 aliphatic rings. The molecule has 0 saturated heterocycles. The van der Waals surface area contributed by atoms with E-state index in [1.165, 1.54) is 54.6 Å². The van der Waals surface area contributed by atoms with Gasteiger partial charge in [0.1, 0.15) is 5.75 Å². The lowest BCUT2D eigenvalue weighted by molar-refractivity contribution is -0.384. The predicted molar refractivity (Wildman–Crippen MR) is 82.8 cm³/mol. The minimum Gasteiger partial charge on any atom is -0.508 e. The number of hydrogen-bond acceptors (Lipinski definition) is 5. The van der Waals surface area contributed by atoms with E-state index in [1.54, 1.807) is 0 Å². The van der Waals surface area contributed by atoms with Crippen LogP contribution in [0.2, 0.25) is 0 Å². The van der Waals surface area contributed by atoms with Crippen molar-refractivity contribution in [2.45, 2.75) is 0 Å². The first-order valence-electron chi connectivity index (χ1n) is 6.10. The number of nitro groups is 1. The van der Waals surface area contributed by atoms with Gasteiger partial charge < -0.3 is 5.11 Å². The Bertz CT molecular complexity index is 813. The highest BCUT2D eigenvalue weighted by atomic mass is 32.2. The van der Waals surface area contributed by atoms with Gasteiger partial charge in [0.05, 0.1) is 16.0 Å². The second kappa shape index (κ2) is 6.27. The lowest BCUT2D eigenvalue weighted by Gasteiger charge is -2.04. The minimum atomic E-state index is -3.75. The first-order valence-corrected chi connectivity index (χ1v) is 7.65. The molecule has 0 atom stereocenters. The predicted octanol–water partition coefficient (Wildman–Crippen LogP) is 2.71. The molecule has 0 bridgehead atoms. The van der Waals surface area contributed by atoms with E-state index in [-0.39, 0.29) is 17.1 Å². The molecule has 7 nitrogen and oxygen atoms in total. The molecule has 2 rings (SSSR count). The van der Waals surface area contributed by atoms with Gasteiger partial charge in [-0.05, 0) is 35.9 Å². The van der Waals surface area contributed by atoms with Crippen LogP contribution in [0.15, 0.2) is 53.9 Å². The van der Waals surface area contributed by atoms with E-state index in [1.807, 2.05) is 0 Å². The van der Waals surface area contributed by atoms with Crippen molar-refractivity contribution in [3.05, 3.63) is 69.6 Å². The topological polar surface area (TPSA) is 110 Å². The number of anilines is 1. The van der Waals surface area contributed by atoms with E-state index in [4.69, 9.17) is 0 Å². The smallest absolute Gasteiger partial charge is 0.269 e. The van der Waals surface area contributed by atoms with Gasteiger partial charge in [-0.25, -0.2) is 8.42 Å². The van der Waals surface area contributed by atoms with Crippen molar-refractivity contribution in [2.75, 3.05) is 4.72 Å². The maximum absolute atomic E-state index is 11.9. The van der Waals surface area contributed by atoms with Crippen molar-refractivity contribution in [2.24, 2.45) is 0 Å². The molecule has 2 aromatic rings. The van der Waals surface area contributed by atoms with Crippen LogP contribution in [0.3, 0.4) is 0 Å². The normalized spacial score (nSPS) is 11.5. The summed E-state index contributed by atoms with van der Waals surface area (Å²) in [5, 5.41) is 20.7. The highest BCUT2D eigenvalue weighted by Crippen LogP contribution is 2.18. The molecular formula is C14H12N2O5S. The summed E-state index contributed by atoms with van der Waals surface area (Å²) in [6, 6.07) is 11.2. The monoisotopic (exact) mass is 320 g/mol. The van der Waals surface area contributed by atoms with Gasteiger partial charge in [-0.1, -0.05) is 6.07 Å². The van der Waals surface area contributed by atoms with Gasteiger partial charge in [-0.3, -0.25) is 14.8 Å². The van der Waals surface area contributed by atoms with Crippen molar-refractivity contribution in [1.29, 1.82) is 0 Å². The fraction of sp³-hybridized carbons (Fsp3) is 0. The number of aromatic hydroxyl groups is 1. The third-order valence-electron chi connectivity index (χ3n) is 2.65. The molecule has 0 radical (unpaired) electrons. The highest BCUT2D eigenvalue weighted by molar-refractivity contribution is 7.95. The second-order valence-electron chi connectivity index (χ2n) is 4.35. The van der Waals surface area contributed by atoms with Crippen molar-refractivity contribution in [1.82, 2.24) is 0 Å². The average Bonchev–Trinajstić information content (AvgIpc) is 2.45. The molecule has 0 aliphatic heterocycles. The number of sulfonamides is 1. The molecular weight excluding hydrogens is 308 g/mol. The molecule has 2 aromatic carbocycles. The number of nitrogens with one attached hydrogen (secondary N) is 1. The van der Waals surface area contributed by atoms with E-state index in [0.717, 1.165) is 5.41 Å². The van der Waals surface area contributed by atoms with Crippen LogP contribution in [-0.2, 0) is 10.0 Å². The number of phenolic OH excluding ortho intramolecular Hbond substituents is 1. The van der Waals surface area contributed by atoms with Crippen LogP contribution in [0, 0.1) is 10.1 Å². The van der Waals surface area contributed by atoms with E-state index in [2.05, 4.69) is 4.72 Å². The largest absolute Gasteiger partial charge is 0.508 e. The number of hydrogen-bond donors (Lipinski definition) is 2. The van der Waals surface area contributed by atoms with E-state index >= 15 is 0 Å². The van der Waals surface area contributed by atoms with Crippen LogP contribution >= 0.6 is 0 Å². The van der Waals surface area contributed by atoms with Gasteiger partial charge in [0, 0.05) is 18.2 Å². The lowest BCUT2D eigenvalue weighted by Crippen LogP contribution is -2.08. The molecule has 8 heteroatoms. The summed E-state index contributed by atoms with van der Waals surface area (Å²) in [6.07, 6.45) is 1.31. The molecule has 0 amide bonds. The maximum Gasteiger partial charge on any atom is 0.269 e. The summed E-state index contributed by atoms with van der Waals surface area (Å²) < 4.78 is 26.0. The average molecular weight is 320 g/mol. The summed E-state index contributed by atoms with van der Waals surface area (Å²) in [5.41, 5.74) is 0.665. The van der Waals surface area contributed by atoms with Gasteiger partial charge in [0.2, 0.25) is 0 Å². The zero-order valence-electron chi connectivity index (χ0n) is 11.2. The number of benzene rings is 2. The van der Waals surface area contributed by atoms with Crippen LogP contribution in [0.4, 0.5) is 11.4 Å². The fourth-order valence-corrected chi connectivity index (χ4v) is 2.50. The minimum absolute atomic E-state index is 0.0560. The molecule has 0 spiro atoms. The molecule has 0 heterocycles. The zero-order chi connectivity index (χ0) is 16.2. The van der Waals surface area contributed by atoms with Crippen LogP contribution in [0.1, 0.15) is 5.56 Å². The Morgan fingerprint density at radius 2 is 1.82 bits per heavy atom. The number of nitrogens with zero attached hydrogens (tertiary/aromatic N) is 1.